The van der Waals surface area contributed by atoms with Crippen LogP contribution in [0.25, 0.3) is 0 Å². The van der Waals surface area contributed by atoms with Gasteiger partial charge >= 0.3 is 16.1 Å². The molecule has 2 aromatic rings. The zero-order chi connectivity index (χ0) is 20.9. The highest BCUT2D eigenvalue weighted by atomic mass is 32.2. The molecule has 0 saturated carbocycles. The van der Waals surface area contributed by atoms with Gasteiger partial charge in [-0.3, -0.25) is 10.1 Å². The van der Waals surface area contributed by atoms with E-state index in [0.29, 0.717) is 11.1 Å². The molecule has 2 rings (SSSR count). The van der Waals surface area contributed by atoms with Crippen LogP contribution >= 0.6 is 0 Å². The maximum absolute atomic E-state index is 12.5. The fourth-order valence-corrected chi connectivity index (χ4v) is 3.07. The van der Waals surface area contributed by atoms with E-state index < -0.39 is 21.1 Å². The Balaban J connectivity index is 2.33. The van der Waals surface area contributed by atoms with Gasteiger partial charge in [0, 0.05) is 11.6 Å². The van der Waals surface area contributed by atoms with Crippen molar-refractivity contribution in [2.24, 2.45) is 10.8 Å². The summed E-state index contributed by atoms with van der Waals surface area (Å²) in [4.78, 5) is 20.6. The van der Waals surface area contributed by atoms with Gasteiger partial charge in [-0.1, -0.05) is 6.07 Å². The van der Waals surface area contributed by atoms with E-state index >= 15 is 0 Å². The van der Waals surface area contributed by atoms with Crippen molar-refractivity contribution in [1.29, 1.82) is 0 Å². The highest BCUT2D eigenvalue weighted by Crippen LogP contribution is 2.31. The molecule has 0 spiro atoms. The van der Waals surface area contributed by atoms with E-state index in [-0.39, 0.29) is 22.1 Å². The summed E-state index contributed by atoms with van der Waals surface area (Å²) < 4.78 is 35.2. The van der Waals surface area contributed by atoms with Gasteiger partial charge in [-0.2, -0.15) is 13.5 Å². The summed E-state index contributed by atoms with van der Waals surface area (Å²) in [6.45, 7) is 1.49. The number of hydrazone groups is 1. The molecule has 11 nitrogen and oxygen atoms in total. The highest BCUT2D eigenvalue weighted by molar-refractivity contribution is 7.87. The fraction of sp³-hybridized carbons (Fsp3) is 0.125. The Labute approximate surface area is 160 Å². The molecule has 148 valence electrons. The number of nitro groups is 1. The van der Waals surface area contributed by atoms with Gasteiger partial charge in [-0.15, -0.1) is 0 Å². The van der Waals surface area contributed by atoms with Crippen molar-refractivity contribution in [2.75, 3.05) is 7.11 Å². The molecule has 0 radical (unpaired) electrons. The van der Waals surface area contributed by atoms with Crippen molar-refractivity contribution in [2.45, 2.75) is 11.8 Å². The minimum atomic E-state index is -4.35. The van der Waals surface area contributed by atoms with Crippen molar-refractivity contribution >= 4 is 28.1 Å². The monoisotopic (exact) mass is 408 g/mol. The Morgan fingerprint density at radius 3 is 2.57 bits per heavy atom. The van der Waals surface area contributed by atoms with E-state index in [1.165, 1.54) is 50.6 Å². The molecule has 3 N–H and O–H groups in total. The summed E-state index contributed by atoms with van der Waals surface area (Å²) in [6.07, 6.45) is 1.26. The lowest BCUT2D eigenvalue weighted by atomic mass is 10.2. The van der Waals surface area contributed by atoms with Crippen molar-refractivity contribution < 1.29 is 27.1 Å². The predicted molar refractivity (Wildman–Crippen MR) is 99.0 cm³/mol. The van der Waals surface area contributed by atoms with Crippen LogP contribution in [0, 0.1) is 17.0 Å². The Morgan fingerprint density at radius 2 is 1.96 bits per heavy atom. The number of aryl methyl sites for hydroxylation is 1. The largest absolute Gasteiger partial charge is 0.493 e. The van der Waals surface area contributed by atoms with Crippen molar-refractivity contribution in [3.63, 3.8) is 0 Å². The van der Waals surface area contributed by atoms with Gasteiger partial charge in [0.1, 0.15) is 4.90 Å². The summed E-state index contributed by atoms with van der Waals surface area (Å²) in [5.41, 5.74) is 7.32. The second kappa shape index (κ2) is 8.35. The molecule has 0 bridgehead atoms. The second-order valence-corrected chi connectivity index (χ2v) is 6.93. The van der Waals surface area contributed by atoms with E-state index in [4.69, 9.17) is 14.7 Å². The highest BCUT2D eigenvalue weighted by Gasteiger charge is 2.23. The molecule has 0 aliphatic heterocycles. The summed E-state index contributed by atoms with van der Waals surface area (Å²) in [5, 5.41) is 14.6. The number of urea groups is 1. The number of nitro benzene ring substituents is 1. The molecule has 12 heteroatoms. The van der Waals surface area contributed by atoms with Crippen LogP contribution in [-0.2, 0) is 10.1 Å². The van der Waals surface area contributed by atoms with Gasteiger partial charge in [0.2, 0.25) is 0 Å². The average molecular weight is 408 g/mol. The third kappa shape index (κ3) is 4.94. The molecule has 0 aromatic heterocycles. The number of benzene rings is 2. The van der Waals surface area contributed by atoms with E-state index in [1.54, 1.807) is 0 Å². The Bertz CT molecular complexity index is 1050. The molecule has 0 aliphatic carbocycles. The molecule has 0 saturated heterocycles. The molecule has 2 amide bonds. The van der Waals surface area contributed by atoms with Crippen molar-refractivity contribution in [3.05, 3.63) is 57.6 Å². The van der Waals surface area contributed by atoms with Gasteiger partial charge in [0.15, 0.2) is 11.5 Å². The van der Waals surface area contributed by atoms with Gasteiger partial charge < -0.3 is 14.7 Å². The molecule has 0 atom stereocenters. The number of carbonyl (C=O) groups is 1. The zero-order valence-corrected chi connectivity index (χ0v) is 15.6. The first kappa shape index (κ1) is 20.6. The Kier molecular flexibility index (Phi) is 6.15. The molecular weight excluding hydrogens is 392 g/mol. The van der Waals surface area contributed by atoms with Crippen LogP contribution in [-0.4, -0.2) is 32.7 Å². The molecule has 0 unspecified atom stereocenters. The number of methoxy groups -OCH3 is 1. The third-order valence-electron chi connectivity index (χ3n) is 3.44. The quantitative estimate of drug-likeness (QED) is 0.304. The van der Waals surface area contributed by atoms with Crippen LogP contribution in [0.15, 0.2) is 46.4 Å². The maximum atomic E-state index is 12.5. The lowest BCUT2D eigenvalue weighted by Crippen LogP contribution is -2.24. The van der Waals surface area contributed by atoms with Crippen LogP contribution in [0.1, 0.15) is 11.1 Å². The second-order valence-electron chi connectivity index (χ2n) is 5.39. The van der Waals surface area contributed by atoms with Crippen molar-refractivity contribution in [3.8, 4) is 11.5 Å². The standard InChI is InChI=1S/C16H16N4O7S/c1-10-3-5-12(8-13(10)20(22)23)28(24,25)27-14-6-4-11(7-15(14)26-2)9-18-19-16(17)21/h3-9H,1-2H3,(H3,17,19,21)/b18-9-. The van der Waals surface area contributed by atoms with Crippen LogP contribution < -0.4 is 20.1 Å². The Morgan fingerprint density at radius 1 is 1.25 bits per heavy atom. The molecule has 0 aliphatic rings. The third-order valence-corrected chi connectivity index (χ3v) is 4.67. The molecule has 28 heavy (non-hydrogen) atoms. The van der Waals surface area contributed by atoms with E-state index in [1.807, 2.05) is 5.43 Å². The van der Waals surface area contributed by atoms with Crippen LogP contribution in [0.3, 0.4) is 0 Å². The normalized spacial score (nSPS) is 11.2. The first-order chi connectivity index (χ1) is 13.1. The number of nitrogens with one attached hydrogen (secondary N) is 1. The minimum Gasteiger partial charge on any atom is -0.493 e. The molecular formula is C16H16N4O7S. The van der Waals surface area contributed by atoms with Crippen LogP contribution in [0.5, 0.6) is 11.5 Å². The number of hydrogen-bond acceptors (Lipinski definition) is 8. The van der Waals surface area contributed by atoms with Gasteiger partial charge in [-0.05, 0) is 36.8 Å². The number of carbonyl (C=O) groups excluding carboxylic acids is 1. The zero-order valence-electron chi connectivity index (χ0n) is 14.8. The summed E-state index contributed by atoms with van der Waals surface area (Å²) in [6, 6.07) is 6.78. The summed E-state index contributed by atoms with van der Waals surface area (Å²) in [7, 11) is -3.05. The predicted octanol–water partition coefficient (Wildman–Crippen LogP) is 1.68. The lowest BCUT2D eigenvalue weighted by Gasteiger charge is -2.11. The first-order valence-corrected chi connectivity index (χ1v) is 9.01. The first-order valence-electron chi connectivity index (χ1n) is 7.60. The van der Waals surface area contributed by atoms with Crippen LogP contribution in [0.4, 0.5) is 10.5 Å². The van der Waals surface area contributed by atoms with Gasteiger partial charge in [-0.25, -0.2) is 10.2 Å². The number of hydrogen-bond donors (Lipinski definition) is 2. The molecule has 2 aromatic carbocycles. The molecule has 0 heterocycles. The van der Waals surface area contributed by atoms with E-state index in [0.717, 1.165) is 6.07 Å². The smallest absolute Gasteiger partial charge is 0.339 e. The minimum absolute atomic E-state index is 0.0632. The number of rotatable bonds is 7. The van der Waals surface area contributed by atoms with E-state index in [9.17, 15) is 23.3 Å². The number of amides is 2. The SMILES string of the molecule is COc1cc(/C=N\NC(N)=O)ccc1OS(=O)(=O)c1ccc(C)c([N+](=O)[O-])c1. The maximum Gasteiger partial charge on any atom is 0.339 e. The topological polar surface area (TPSA) is 163 Å². The summed E-state index contributed by atoms with van der Waals surface area (Å²) >= 11 is 0. The average Bonchev–Trinajstić information content (AvgIpc) is 2.62. The number of ether oxygens (including phenoxy) is 1. The van der Waals surface area contributed by atoms with E-state index in [2.05, 4.69) is 5.10 Å². The van der Waals surface area contributed by atoms with Gasteiger partial charge in [0.05, 0.1) is 18.2 Å². The Hall–Kier alpha value is -3.67. The van der Waals surface area contributed by atoms with Crippen LogP contribution in [0.2, 0.25) is 0 Å². The summed E-state index contributed by atoms with van der Waals surface area (Å²) in [5.74, 6) is -0.0704. The fourth-order valence-electron chi connectivity index (χ4n) is 2.11. The van der Waals surface area contributed by atoms with Crippen molar-refractivity contribution in [1.82, 2.24) is 5.43 Å². The molecule has 0 fully saturated rings. The number of nitrogens with zero attached hydrogens (tertiary/aromatic N) is 2. The lowest BCUT2D eigenvalue weighted by molar-refractivity contribution is -0.385. The number of primary amides is 1. The number of nitrogens with two attached hydrogens (primary N) is 1. The van der Waals surface area contributed by atoms with Gasteiger partial charge in [0.25, 0.3) is 5.69 Å².